The summed E-state index contributed by atoms with van der Waals surface area (Å²) in [5.74, 6) is -2.17. The first-order chi connectivity index (χ1) is 8.49. The number of nitrogens with one attached hydrogen (secondary N) is 2. The summed E-state index contributed by atoms with van der Waals surface area (Å²) in [6.07, 6.45) is -0.460. The van der Waals surface area contributed by atoms with E-state index in [1.807, 2.05) is 0 Å². The summed E-state index contributed by atoms with van der Waals surface area (Å²) in [5, 5.41) is 13.5. The predicted octanol–water partition coefficient (Wildman–Crippen LogP) is 0.604. The molecule has 1 unspecified atom stereocenters. The first-order valence-electron chi connectivity index (χ1n) is 5.34. The van der Waals surface area contributed by atoms with Crippen LogP contribution in [-0.2, 0) is 14.4 Å². The lowest BCUT2D eigenvalue weighted by Crippen LogP contribution is -2.44. The van der Waals surface area contributed by atoms with Gasteiger partial charge in [-0.2, -0.15) is 0 Å². The topological polar surface area (TPSA) is 95.5 Å². The van der Waals surface area contributed by atoms with Crippen molar-refractivity contribution in [3.05, 3.63) is 30.3 Å². The molecule has 0 aromatic heterocycles. The normalized spacial score (nSPS) is 11.4. The zero-order valence-electron chi connectivity index (χ0n) is 9.84. The van der Waals surface area contributed by atoms with E-state index >= 15 is 0 Å². The van der Waals surface area contributed by atoms with Crippen molar-refractivity contribution in [2.24, 2.45) is 0 Å². The third kappa shape index (κ3) is 4.65. The van der Waals surface area contributed by atoms with Gasteiger partial charge in [-0.25, -0.2) is 0 Å². The molecular formula is C12H14N2O4. The zero-order valence-corrected chi connectivity index (χ0v) is 9.84. The predicted molar refractivity (Wildman–Crippen MR) is 64.9 cm³/mol. The average molecular weight is 250 g/mol. The van der Waals surface area contributed by atoms with Gasteiger partial charge in [-0.3, -0.25) is 14.4 Å². The minimum atomic E-state index is -1.16. The van der Waals surface area contributed by atoms with Crippen molar-refractivity contribution in [1.29, 1.82) is 0 Å². The van der Waals surface area contributed by atoms with Gasteiger partial charge >= 0.3 is 5.97 Å². The number of rotatable bonds is 5. The lowest BCUT2D eigenvalue weighted by Gasteiger charge is -2.15. The van der Waals surface area contributed by atoms with E-state index in [-0.39, 0.29) is 0 Å². The van der Waals surface area contributed by atoms with Gasteiger partial charge in [-0.1, -0.05) is 18.2 Å². The molecule has 0 saturated heterocycles. The Hall–Kier alpha value is -2.37. The second-order valence-corrected chi connectivity index (χ2v) is 3.71. The van der Waals surface area contributed by atoms with Crippen molar-refractivity contribution in [3.63, 3.8) is 0 Å². The number of hydrogen-bond donors (Lipinski definition) is 3. The maximum Gasteiger partial charge on any atom is 0.305 e. The molecule has 0 fully saturated rings. The van der Waals surface area contributed by atoms with E-state index in [9.17, 15) is 14.4 Å². The van der Waals surface area contributed by atoms with E-state index in [4.69, 9.17) is 5.11 Å². The fourth-order valence-electron chi connectivity index (χ4n) is 1.38. The Morgan fingerprint density at radius 3 is 2.33 bits per heavy atom. The highest BCUT2D eigenvalue weighted by Crippen LogP contribution is 2.06. The third-order valence-corrected chi connectivity index (χ3v) is 2.11. The summed E-state index contributed by atoms with van der Waals surface area (Å²) in [6.45, 7) is 1.23. The lowest BCUT2D eigenvalue weighted by molar-refractivity contribution is -0.139. The molecule has 6 heteroatoms. The van der Waals surface area contributed by atoms with Crippen molar-refractivity contribution in [2.75, 3.05) is 5.32 Å². The number of benzene rings is 1. The van der Waals surface area contributed by atoms with Crippen LogP contribution in [-0.4, -0.2) is 28.9 Å². The van der Waals surface area contributed by atoms with Crippen LogP contribution in [0.2, 0.25) is 0 Å². The standard InChI is InChI=1S/C12H14N2O4/c1-8(15)13-10(7-11(16)17)12(18)14-9-5-3-2-4-6-9/h2-6,10H,7H2,1H3,(H,13,15)(H,14,18)(H,16,17). The van der Waals surface area contributed by atoms with Crippen LogP contribution >= 0.6 is 0 Å². The van der Waals surface area contributed by atoms with Crippen molar-refractivity contribution < 1.29 is 19.5 Å². The molecule has 0 spiro atoms. The Morgan fingerprint density at radius 1 is 1.22 bits per heavy atom. The number of carboxylic acids is 1. The van der Waals surface area contributed by atoms with Crippen LogP contribution in [0.1, 0.15) is 13.3 Å². The quantitative estimate of drug-likeness (QED) is 0.713. The maximum absolute atomic E-state index is 11.8. The van der Waals surface area contributed by atoms with Crippen LogP contribution in [0.5, 0.6) is 0 Å². The Bertz CT molecular complexity index is 429. The Morgan fingerprint density at radius 2 is 1.83 bits per heavy atom. The smallest absolute Gasteiger partial charge is 0.305 e. The summed E-state index contributed by atoms with van der Waals surface area (Å²) in [6, 6.07) is 7.52. The molecule has 0 aliphatic heterocycles. The summed E-state index contributed by atoms with van der Waals surface area (Å²) < 4.78 is 0. The van der Waals surface area contributed by atoms with Crippen LogP contribution in [0.15, 0.2) is 30.3 Å². The first kappa shape index (κ1) is 13.7. The molecule has 3 N–H and O–H groups in total. The van der Waals surface area contributed by atoms with Gasteiger partial charge in [0.15, 0.2) is 0 Å². The zero-order chi connectivity index (χ0) is 13.5. The summed E-state index contributed by atoms with van der Waals surface area (Å²) in [7, 11) is 0. The van der Waals surface area contributed by atoms with Crippen LogP contribution in [0.3, 0.4) is 0 Å². The number of carboxylic acid groups (broad SMARTS) is 1. The number of aliphatic carboxylic acids is 1. The van der Waals surface area contributed by atoms with E-state index < -0.39 is 30.2 Å². The second-order valence-electron chi connectivity index (χ2n) is 3.71. The highest BCUT2D eigenvalue weighted by atomic mass is 16.4. The van der Waals surface area contributed by atoms with Crippen LogP contribution in [0.25, 0.3) is 0 Å². The molecule has 18 heavy (non-hydrogen) atoms. The molecule has 2 amide bonds. The molecule has 0 aliphatic rings. The van der Waals surface area contributed by atoms with Gasteiger partial charge in [0.1, 0.15) is 6.04 Å². The van der Waals surface area contributed by atoms with Gasteiger partial charge in [-0.15, -0.1) is 0 Å². The number of carbonyl (C=O) groups is 3. The molecule has 1 aromatic carbocycles. The number of para-hydroxylation sites is 1. The molecule has 96 valence electrons. The highest BCUT2D eigenvalue weighted by Gasteiger charge is 2.22. The van der Waals surface area contributed by atoms with Gasteiger partial charge in [-0.05, 0) is 12.1 Å². The van der Waals surface area contributed by atoms with E-state index in [0.717, 1.165) is 0 Å². The van der Waals surface area contributed by atoms with Crippen LogP contribution in [0.4, 0.5) is 5.69 Å². The van der Waals surface area contributed by atoms with Gasteiger partial charge in [0.25, 0.3) is 0 Å². The van der Waals surface area contributed by atoms with Crippen molar-refractivity contribution in [1.82, 2.24) is 5.32 Å². The number of carbonyl (C=O) groups excluding carboxylic acids is 2. The first-order valence-corrected chi connectivity index (χ1v) is 5.34. The minimum absolute atomic E-state index is 0.454. The van der Waals surface area contributed by atoms with E-state index in [0.29, 0.717) is 5.69 Å². The molecule has 0 saturated carbocycles. The molecule has 0 aliphatic carbocycles. The molecule has 6 nitrogen and oxygen atoms in total. The monoisotopic (exact) mass is 250 g/mol. The summed E-state index contributed by atoms with van der Waals surface area (Å²) in [4.78, 5) is 33.3. The fraction of sp³-hybridized carbons (Fsp3) is 0.250. The van der Waals surface area contributed by atoms with Gasteiger partial charge in [0, 0.05) is 12.6 Å². The number of hydrogen-bond acceptors (Lipinski definition) is 3. The molecule has 1 rings (SSSR count). The highest BCUT2D eigenvalue weighted by molar-refractivity contribution is 5.98. The molecule has 0 heterocycles. The second kappa shape index (κ2) is 6.39. The Kier molecular flexibility index (Phi) is 4.86. The van der Waals surface area contributed by atoms with Gasteiger partial charge < -0.3 is 15.7 Å². The Balaban J connectivity index is 2.69. The summed E-state index contributed by atoms with van der Waals surface area (Å²) >= 11 is 0. The SMILES string of the molecule is CC(=O)NC(CC(=O)O)C(=O)Nc1ccccc1. The van der Waals surface area contributed by atoms with Crippen LogP contribution < -0.4 is 10.6 Å². The van der Waals surface area contributed by atoms with Crippen LogP contribution in [0, 0.1) is 0 Å². The minimum Gasteiger partial charge on any atom is -0.481 e. The van der Waals surface area contributed by atoms with Gasteiger partial charge in [0.05, 0.1) is 6.42 Å². The fourth-order valence-corrected chi connectivity index (χ4v) is 1.38. The number of amides is 2. The van der Waals surface area contributed by atoms with Crippen molar-refractivity contribution in [2.45, 2.75) is 19.4 Å². The maximum atomic E-state index is 11.8. The molecule has 1 atom stereocenters. The largest absolute Gasteiger partial charge is 0.481 e. The van der Waals surface area contributed by atoms with Crippen molar-refractivity contribution in [3.8, 4) is 0 Å². The van der Waals surface area contributed by atoms with E-state index in [1.165, 1.54) is 6.92 Å². The summed E-state index contributed by atoms with van der Waals surface area (Å²) in [5.41, 5.74) is 0.545. The number of anilines is 1. The van der Waals surface area contributed by atoms with E-state index in [1.54, 1.807) is 30.3 Å². The van der Waals surface area contributed by atoms with Crippen molar-refractivity contribution >= 4 is 23.5 Å². The molecular weight excluding hydrogens is 236 g/mol. The molecule has 0 bridgehead atoms. The third-order valence-electron chi connectivity index (χ3n) is 2.11. The lowest BCUT2D eigenvalue weighted by atomic mass is 10.2. The van der Waals surface area contributed by atoms with E-state index in [2.05, 4.69) is 10.6 Å². The molecule has 1 aromatic rings. The van der Waals surface area contributed by atoms with Gasteiger partial charge in [0.2, 0.25) is 11.8 Å². The average Bonchev–Trinajstić information content (AvgIpc) is 2.28. The molecule has 0 radical (unpaired) electrons. The Labute approximate surface area is 104 Å².